The molecule has 2 saturated heterocycles. The molecule has 0 aliphatic carbocycles. The highest BCUT2D eigenvalue weighted by Gasteiger charge is 2.14. The maximum atomic E-state index is 3.66. The van der Waals surface area contributed by atoms with Crippen LogP contribution in [0.15, 0.2) is 24.3 Å². The smallest absolute Gasteiger partial charge is 0.0387 e. The topological polar surface area (TPSA) is 39.3 Å². The summed E-state index contributed by atoms with van der Waals surface area (Å²) in [5.41, 5.74) is 2.60. The number of rotatable bonds is 3. The molecular formula is C15H24N4. The van der Waals surface area contributed by atoms with E-state index >= 15 is 0 Å². The predicted octanol–water partition coefficient (Wildman–Crippen LogP) is 1.26. The molecule has 1 aromatic carbocycles. The van der Waals surface area contributed by atoms with E-state index in [4.69, 9.17) is 0 Å². The van der Waals surface area contributed by atoms with Gasteiger partial charge in [0.25, 0.3) is 0 Å². The van der Waals surface area contributed by atoms with Crippen LogP contribution in [0.3, 0.4) is 0 Å². The maximum absolute atomic E-state index is 3.66. The molecule has 104 valence electrons. The highest BCUT2D eigenvalue weighted by Crippen LogP contribution is 2.21. The van der Waals surface area contributed by atoms with Gasteiger partial charge in [-0.05, 0) is 37.6 Å². The molecule has 1 unspecified atom stereocenters. The first kappa shape index (κ1) is 12.8. The van der Waals surface area contributed by atoms with Crippen LogP contribution in [0.5, 0.6) is 0 Å². The van der Waals surface area contributed by atoms with E-state index in [1.165, 1.54) is 30.8 Å². The van der Waals surface area contributed by atoms with Gasteiger partial charge in [0.1, 0.15) is 0 Å². The summed E-state index contributed by atoms with van der Waals surface area (Å²) >= 11 is 0. The average Bonchev–Trinajstić information content (AvgIpc) is 2.49. The molecule has 3 N–H and O–H groups in total. The quantitative estimate of drug-likeness (QED) is 0.765. The molecular weight excluding hydrogens is 236 g/mol. The summed E-state index contributed by atoms with van der Waals surface area (Å²) in [5.74, 6) is 0. The summed E-state index contributed by atoms with van der Waals surface area (Å²) in [7, 11) is 0. The third-order valence-corrected chi connectivity index (χ3v) is 4.00. The molecule has 0 radical (unpaired) electrons. The van der Waals surface area contributed by atoms with Crippen LogP contribution in [-0.4, -0.2) is 45.3 Å². The van der Waals surface area contributed by atoms with Crippen molar-refractivity contribution in [3.63, 3.8) is 0 Å². The van der Waals surface area contributed by atoms with Gasteiger partial charge in [-0.1, -0.05) is 6.07 Å². The lowest BCUT2D eigenvalue weighted by molar-refractivity contribution is 0.480. The zero-order valence-corrected chi connectivity index (χ0v) is 11.5. The fourth-order valence-corrected chi connectivity index (χ4v) is 2.93. The van der Waals surface area contributed by atoms with Gasteiger partial charge in [-0.25, -0.2) is 0 Å². The lowest BCUT2D eigenvalue weighted by Gasteiger charge is -2.30. The standard InChI is InChI=1S/C15H24N4/c1-3-13(18-14-4-2-6-17-12-14)11-15(5-1)19-9-7-16-8-10-19/h1,3,5,11,14,16-18H,2,4,6-10,12H2. The molecule has 2 aliphatic rings. The summed E-state index contributed by atoms with van der Waals surface area (Å²) in [6.07, 6.45) is 2.54. The summed E-state index contributed by atoms with van der Waals surface area (Å²) in [5, 5.41) is 10.5. The summed E-state index contributed by atoms with van der Waals surface area (Å²) in [6, 6.07) is 9.43. The Morgan fingerprint density at radius 2 is 2.00 bits per heavy atom. The minimum Gasteiger partial charge on any atom is -0.381 e. The number of anilines is 2. The highest BCUT2D eigenvalue weighted by atomic mass is 15.2. The van der Waals surface area contributed by atoms with Crippen molar-refractivity contribution in [3.05, 3.63) is 24.3 Å². The SMILES string of the molecule is c1cc(NC2CCCNC2)cc(N2CCNCC2)c1. The molecule has 19 heavy (non-hydrogen) atoms. The van der Waals surface area contributed by atoms with E-state index in [-0.39, 0.29) is 0 Å². The Balaban J connectivity index is 1.64. The van der Waals surface area contributed by atoms with Crippen molar-refractivity contribution in [2.24, 2.45) is 0 Å². The zero-order chi connectivity index (χ0) is 12.9. The van der Waals surface area contributed by atoms with E-state index in [9.17, 15) is 0 Å². The summed E-state index contributed by atoms with van der Waals surface area (Å²) < 4.78 is 0. The number of piperidine rings is 1. The Labute approximate surface area is 115 Å². The van der Waals surface area contributed by atoms with Crippen molar-refractivity contribution >= 4 is 11.4 Å². The summed E-state index contributed by atoms with van der Waals surface area (Å²) in [6.45, 7) is 6.63. The second-order valence-electron chi connectivity index (χ2n) is 5.47. The molecule has 0 aromatic heterocycles. The van der Waals surface area contributed by atoms with Gasteiger partial charge in [0.2, 0.25) is 0 Å². The number of hydrogen-bond acceptors (Lipinski definition) is 4. The van der Waals surface area contributed by atoms with Gasteiger partial charge in [0.15, 0.2) is 0 Å². The van der Waals surface area contributed by atoms with Gasteiger partial charge >= 0.3 is 0 Å². The van der Waals surface area contributed by atoms with Crippen LogP contribution >= 0.6 is 0 Å². The van der Waals surface area contributed by atoms with Crippen LogP contribution in [0.4, 0.5) is 11.4 Å². The number of nitrogens with one attached hydrogen (secondary N) is 3. The first-order valence-corrected chi connectivity index (χ1v) is 7.45. The summed E-state index contributed by atoms with van der Waals surface area (Å²) in [4.78, 5) is 2.46. The Bertz CT molecular complexity index is 395. The molecule has 2 heterocycles. The van der Waals surface area contributed by atoms with Crippen LogP contribution in [-0.2, 0) is 0 Å². The van der Waals surface area contributed by atoms with Gasteiger partial charge in [-0.15, -0.1) is 0 Å². The number of piperazine rings is 1. The van der Waals surface area contributed by atoms with Gasteiger partial charge < -0.3 is 20.9 Å². The second kappa shape index (κ2) is 6.26. The Hall–Kier alpha value is -1.26. The molecule has 4 heteroatoms. The molecule has 0 bridgehead atoms. The van der Waals surface area contributed by atoms with Gasteiger partial charge in [-0.3, -0.25) is 0 Å². The van der Waals surface area contributed by atoms with Crippen molar-refractivity contribution in [2.45, 2.75) is 18.9 Å². The largest absolute Gasteiger partial charge is 0.381 e. The van der Waals surface area contributed by atoms with Crippen molar-refractivity contribution in [1.82, 2.24) is 10.6 Å². The van der Waals surface area contributed by atoms with Crippen molar-refractivity contribution in [3.8, 4) is 0 Å². The zero-order valence-electron chi connectivity index (χ0n) is 11.5. The van der Waals surface area contributed by atoms with Crippen LogP contribution in [0, 0.1) is 0 Å². The van der Waals surface area contributed by atoms with E-state index in [1.807, 2.05) is 0 Å². The fourth-order valence-electron chi connectivity index (χ4n) is 2.93. The minimum absolute atomic E-state index is 0.576. The molecule has 1 atom stereocenters. The first-order valence-electron chi connectivity index (χ1n) is 7.45. The molecule has 3 rings (SSSR count). The minimum atomic E-state index is 0.576. The monoisotopic (exact) mass is 260 g/mol. The van der Waals surface area contributed by atoms with Crippen LogP contribution < -0.4 is 20.9 Å². The van der Waals surface area contributed by atoms with Gasteiger partial charge in [0.05, 0.1) is 0 Å². The predicted molar refractivity (Wildman–Crippen MR) is 81.0 cm³/mol. The number of nitrogens with zero attached hydrogens (tertiary/aromatic N) is 1. The van der Waals surface area contributed by atoms with E-state index < -0.39 is 0 Å². The normalized spacial score (nSPS) is 24.2. The third-order valence-electron chi connectivity index (χ3n) is 4.00. The molecule has 4 nitrogen and oxygen atoms in total. The van der Waals surface area contributed by atoms with E-state index in [0.29, 0.717) is 6.04 Å². The molecule has 2 fully saturated rings. The maximum Gasteiger partial charge on any atom is 0.0387 e. The van der Waals surface area contributed by atoms with E-state index in [1.54, 1.807) is 0 Å². The van der Waals surface area contributed by atoms with Crippen LogP contribution in [0.2, 0.25) is 0 Å². The molecule has 2 aliphatic heterocycles. The lowest BCUT2D eigenvalue weighted by atomic mass is 10.1. The number of benzene rings is 1. The Morgan fingerprint density at radius 1 is 1.11 bits per heavy atom. The van der Waals surface area contributed by atoms with E-state index in [2.05, 4.69) is 45.1 Å². The second-order valence-corrected chi connectivity index (χ2v) is 5.47. The van der Waals surface area contributed by atoms with Gasteiger partial charge in [0, 0.05) is 50.1 Å². The number of hydrogen-bond donors (Lipinski definition) is 3. The Kier molecular flexibility index (Phi) is 4.20. The molecule has 0 saturated carbocycles. The molecule has 0 amide bonds. The first-order chi connectivity index (χ1) is 9.42. The lowest BCUT2D eigenvalue weighted by Crippen LogP contribution is -2.43. The van der Waals surface area contributed by atoms with Crippen LogP contribution in [0.1, 0.15) is 12.8 Å². The third kappa shape index (κ3) is 3.39. The fraction of sp³-hybridized carbons (Fsp3) is 0.600. The van der Waals surface area contributed by atoms with Crippen molar-refractivity contribution in [2.75, 3.05) is 49.5 Å². The average molecular weight is 260 g/mol. The molecule has 1 aromatic rings. The van der Waals surface area contributed by atoms with Crippen LogP contribution in [0.25, 0.3) is 0 Å². The van der Waals surface area contributed by atoms with Crippen molar-refractivity contribution in [1.29, 1.82) is 0 Å². The van der Waals surface area contributed by atoms with Crippen molar-refractivity contribution < 1.29 is 0 Å². The molecule has 0 spiro atoms. The Morgan fingerprint density at radius 3 is 2.79 bits per heavy atom. The highest BCUT2D eigenvalue weighted by molar-refractivity contribution is 5.58. The van der Waals surface area contributed by atoms with E-state index in [0.717, 1.165) is 32.7 Å². The van der Waals surface area contributed by atoms with Gasteiger partial charge in [-0.2, -0.15) is 0 Å².